The van der Waals surface area contributed by atoms with Gasteiger partial charge in [-0.2, -0.15) is 0 Å². The van der Waals surface area contributed by atoms with Crippen LogP contribution in [0.4, 0.5) is 5.69 Å². The molecule has 1 unspecified atom stereocenters. The predicted molar refractivity (Wildman–Crippen MR) is 82.8 cm³/mol. The van der Waals surface area contributed by atoms with E-state index in [-0.39, 0.29) is 11.6 Å². The highest BCUT2D eigenvalue weighted by Gasteiger charge is 2.33. The van der Waals surface area contributed by atoms with Crippen molar-refractivity contribution in [2.24, 2.45) is 0 Å². The molecule has 0 fully saturated rings. The van der Waals surface area contributed by atoms with Gasteiger partial charge in [-0.3, -0.25) is 9.59 Å². The number of rotatable bonds is 2. The Kier molecular flexibility index (Phi) is 3.57. The van der Waals surface area contributed by atoms with Crippen molar-refractivity contribution in [3.8, 4) is 0 Å². The van der Waals surface area contributed by atoms with Crippen LogP contribution in [0.3, 0.4) is 0 Å². The van der Waals surface area contributed by atoms with Crippen LogP contribution < -0.4 is 4.90 Å². The zero-order chi connectivity index (χ0) is 14.8. The van der Waals surface area contributed by atoms with Gasteiger partial charge in [0.1, 0.15) is 11.7 Å². The molecule has 0 spiro atoms. The minimum Gasteiger partial charge on any atom is -0.374 e. The molecule has 3 heteroatoms. The maximum absolute atomic E-state index is 12.8. The predicted octanol–water partition coefficient (Wildman–Crippen LogP) is 3.06. The summed E-state index contributed by atoms with van der Waals surface area (Å²) in [5.41, 5.74) is 2.38. The van der Waals surface area contributed by atoms with Crippen molar-refractivity contribution >= 4 is 17.3 Å². The van der Waals surface area contributed by atoms with Crippen molar-refractivity contribution in [3.63, 3.8) is 0 Å². The van der Waals surface area contributed by atoms with Crippen molar-refractivity contribution in [3.05, 3.63) is 65.7 Å². The fourth-order valence-electron chi connectivity index (χ4n) is 2.85. The number of ketones is 2. The molecule has 21 heavy (non-hydrogen) atoms. The molecule has 0 N–H and O–H groups in total. The normalized spacial score (nSPS) is 18.0. The highest BCUT2D eigenvalue weighted by atomic mass is 16.2. The monoisotopic (exact) mass is 279 g/mol. The molecule has 0 saturated carbocycles. The molecule has 1 heterocycles. The van der Waals surface area contributed by atoms with Crippen molar-refractivity contribution in [2.45, 2.75) is 12.3 Å². The number of anilines is 1. The summed E-state index contributed by atoms with van der Waals surface area (Å²) in [4.78, 5) is 27.3. The number of carbonyl (C=O) groups is 2. The van der Waals surface area contributed by atoms with Gasteiger partial charge < -0.3 is 4.90 Å². The quantitative estimate of drug-likeness (QED) is 0.626. The smallest absolute Gasteiger partial charge is 0.177 e. The van der Waals surface area contributed by atoms with Gasteiger partial charge in [-0.15, -0.1) is 0 Å². The minimum atomic E-state index is -0.687. The van der Waals surface area contributed by atoms with Crippen molar-refractivity contribution in [1.82, 2.24) is 0 Å². The molecule has 0 aromatic heterocycles. The van der Waals surface area contributed by atoms with E-state index in [1.807, 2.05) is 54.4 Å². The molecule has 0 amide bonds. The zero-order valence-electron chi connectivity index (χ0n) is 12.0. The first-order chi connectivity index (χ1) is 10.2. The summed E-state index contributed by atoms with van der Waals surface area (Å²) in [7, 11) is 1.96. The second kappa shape index (κ2) is 5.52. The van der Waals surface area contributed by atoms with Gasteiger partial charge in [0.25, 0.3) is 0 Å². The van der Waals surface area contributed by atoms with Crippen LogP contribution in [0.2, 0.25) is 0 Å². The van der Waals surface area contributed by atoms with E-state index >= 15 is 0 Å². The second-order valence-corrected chi connectivity index (χ2v) is 5.36. The van der Waals surface area contributed by atoms with Crippen LogP contribution in [0.25, 0.3) is 0 Å². The summed E-state index contributed by atoms with van der Waals surface area (Å²) >= 11 is 0. The average Bonchev–Trinajstić information content (AvgIpc) is 2.65. The van der Waals surface area contributed by atoms with Crippen LogP contribution in [-0.4, -0.2) is 25.2 Å². The summed E-state index contributed by atoms with van der Waals surface area (Å²) in [5, 5.41) is 0. The molecule has 0 aliphatic carbocycles. The first-order valence-electron chi connectivity index (χ1n) is 7.10. The Morgan fingerprint density at radius 3 is 2.48 bits per heavy atom. The standard InChI is InChI=1S/C18H17NO2/c1-19-12-11-16(20)17(14-9-5-6-10-15(14)19)18(21)13-7-3-2-4-8-13/h2-10,17H,11-12H2,1H3. The Balaban J connectivity index is 2.09. The lowest BCUT2D eigenvalue weighted by molar-refractivity contribution is -0.119. The number of Topliss-reactive ketones (excluding diaryl/α,β-unsaturated/α-hetero) is 2. The average molecular weight is 279 g/mol. The van der Waals surface area contributed by atoms with E-state index in [2.05, 4.69) is 0 Å². The number of fused-ring (bicyclic) bond motifs is 1. The highest BCUT2D eigenvalue weighted by Crippen LogP contribution is 2.33. The topological polar surface area (TPSA) is 37.4 Å². The molecule has 1 aliphatic rings. The van der Waals surface area contributed by atoms with Gasteiger partial charge in [0.15, 0.2) is 5.78 Å². The fraction of sp³-hybridized carbons (Fsp3) is 0.222. The number of carbonyl (C=O) groups excluding carboxylic acids is 2. The summed E-state index contributed by atoms with van der Waals surface area (Å²) in [6.07, 6.45) is 0.397. The second-order valence-electron chi connectivity index (χ2n) is 5.36. The summed E-state index contributed by atoms with van der Waals surface area (Å²) in [6.45, 7) is 0.647. The molecule has 1 atom stereocenters. The largest absolute Gasteiger partial charge is 0.374 e. The lowest BCUT2D eigenvalue weighted by Crippen LogP contribution is -2.21. The Labute approximate surface area is 124 Å². The van der Waals surface area contributed by atoms with Crippen molar-refractivity contribution < 1.29 is 9.59 Å². The first-order valence-corrected chi connectivity index (χ1v) is 7.10. The molecule has 0 bridgehead atoms. The molecule has 0 radical (unpaired) electrons. The van der Waals surface area contributed by atoms with Gasteiger partial charge in [-0.05, 0) is 11.6 Å². The Hall–Kier alpha value is -2.42. The zero-order valence-corrected chi connectivity index (χ0v) is 12.0. The summed E-state index contributed by atoms with van der Waals surface area (Å²) in [6, 6.07) is 16.7. The van der Waals surface area contributed by atoms with E-state index in [9.17, 15) is 9.59 Å². The number of para-hydroxylation sites is 1. The molecule has 3 rings (SSSR count). The van der Waals surface area contributed by atoms with Crippen LogP contribution in [0.15, 0.2) is 54.6 Å². The Morgan fingerprint density at radius 1 is 1.05 bits per heavy atom. The third kappa shape index (κ3) is 2.47. The molecule has 106 valence electrons. The Bertz CT molecular complexity index is 679. The van der Waals surface area contributed by atoms with E-state index in [0.717, 1.165) is 11.3 Å². The third-order valence-electron chi connectivity index (χ3n) is 4.00. The van der Waals surface area contributed by atoms with Crippen molar-refractivity contribution in [1.29, 1.82) is 0 Å². The van der Waals surface area contributed by atoms with Crippen LogP contribution in [-0.2, 0) is 4.79 Å². The molecular formula is C18H17NO2. The number of hydrogen-bond donors (Lipinski definition) is 0. The van der Waals surface area contributed by atoms with Gasteiger partial charge in [0, 0.05) is 31.3 Å². The van der Waals surface area contributed by atoms with Gasteiger partial charge >= 0.3 is 0 Å². The molecule has 3 nitrogen and oxygen atoms in total. The first kappa shape index (κ1) is 13.6. The Morgan fingerprint density at radius 2 is 1.71 bits per heavy atom. The molecule has 1 aliphatic heterocycles. The maximum atomic E-state index is 12.8. The number of hydrogen-bond acceptors (Lipinski definition) is 3. The van der Waals surface area contributed by atoms with Gasteiger partial charge in [-0.25, -0.2) is 0 Å². The van der Waals surface area contributed by atoms with E-state index < -0.39 is 5.92 Å². The van der Waals surface area contributed by atoms with E-state index in [0.29, 0.717) is 18.5 Å². The van der Waals surface area contributed by atoms with Gasteiger partial charge in [0.05, 0.1) is 0 Å². The SMILES string of the molecule is CN1CCC(=O)C(C(=O)c2ccccc2)c2ccccc21. The summed E-state index contributed by atoms with van der Waals surface area (Å²) < 4.78 is 0. The molecular weight excluding hydrogens is 262 g/mol. The van der Waals surface area contributed by atoms with E-state index in [1.165, 1.54) is 0 Å². The lowest BCUT2D eigenvalue weighted by atomic mass is 9.86. The van der Waals surface area contributed by atoms with Gasteiger partial charge in [0.2, 0.25) is 0 Å². The number of benzene rings is 2. The van der Waals surface area contributed by atoms with Crippen molar-refractivity contribution in [2.75, 3.05) is 18.5 Å². The maximum Gasteiger partial charge on any atom is 0.177 e. The van der Waals surface area contributed by atoms with Gasteiger partial charge in [-0.1, -0.05) is 48.5 Å². The lowest BCUT2D eigenvalue weighted by Gasteiger charge is -2.20. The summed E-state index contributed by atoms with van der Waals surface area (Å²) in [5.74, 6) is -0.794. The van der Waals surface area contributed by atoms with E-state index in [4.69, 9.17) is 0 Å². The fourth-order valence-corrected chi connectivity index (χ4v) is 2.85. The minimum absolute atomic E-state index is 0.000605. The van der Waals surface area contributed by atoms with E-state index in [1.54, 1.807) is 12.1 Å². The van der Waals surface area contributed by atoms with Crippen LogP contribution in [0.5, 0.6) is 0 Å². The van der Waals surface area contributed by atoms with Crippen LogP contribution in [0, 0.1) is 0 Å². The van der Waals surface area contributed by atoms with Crippen LogP contribution >= 0.6 is 0 Å². The molecule has 2 aromatic carbocycles. The highest BCUT2D eigenvalue weighted by molar-refractivity contribution is 6.16. The number of nitrogens with zero attached hydrogens (tertiary/aromatic N) is 1. The third-order valence-corrected chi connectivity index (χ3v) is 4.00. The molecule has 2 aromatic rings. The van der Waals surface area contributed by atoms with Crippen LogP contribution in [0.1, 0.15) is 28.3 Å². The molecule has 0 saturated heterocycles.